The van der Waals surface area contributed by atoms with Crippen LogP contribution in [-0.2, 0) is 0 Å². The predicted molar refractivity (Wildman–Crippen MR) is 97.9 cm³/mol. The number of fused-ring (bicyclic) bond motifs is 1. The van der Waals surface area contributed by atoms with Gasteiger partial charge in [0.25, 0.3) is 0 Å². The number of nitrogens with zero attached hydrogens (tertiary/aromatic N) is 2. The van der Waals surface area contributed by atoms with Gasteiger partial charge in [0.05, 0.1) is 5.52 Å². The zero-order chi connectivity index (χ0) is 16.2. The summed E-state index contributed by atoms with van der Waals surface area (Å²) < 4.78 is 0. The van der Waals surface area contributed by atoms with E-state index in [1.54, 1.807) is 6.33 Å². The number of hydrogen-bond acceptors (Lipinski definition) is 3. The van der Waals surface area contributed by atoms with E-state index >= 15 is 0 Å². The summed E-state index contributed by atoms with van der Waals surface area (Å²) in [5.74, 6) is 1.56. The van der Waals surface area contributed by atoms with Gasteiger partial charge in [-0.1, -0.05) is 43.6 Å². The summed E-state index contributed by atoms with van der Waals surface area (Å²) in [6.45, 7) is 5.35. The summed E-state index contributed by atoms with van der Waals surface area (Å²) >= 11 is 5.97. The summed E-state index contributed by atoms with van der Waals surface area (Å²) in [5.41, 5.74) is 3.22. The van der Waals surface area contributed by atoms with Crippen molar-refractivity contribution in [2.45, 2.75) is 20.3 Å². The maximum atomic E-state index is 5.97. The lowest BCUT2D eigenvalue weighted by Gasteiger charge is -2.11. The Morgan fingerprint density at radius 1 is 1.00 bits per heavy atom. The van der Waals surface area contributed by atoms with Crippen molar-refractivity contribution in [3.8, 4) is 11.1 Å². The summed E-state index contributed by atoms with van der Waals surface area (Å²) in [7, 11) is 0. The van der Waals surface area contributed by atoms with Crippen LogP contribution in [0.2, 0.25) is 5.02 Å². The molecule has 2 aromatic carbocycles. The lowest BCUT2D eigenvalue weighted by Crippen LogP contribution is -2.06. The normalized spacial score (nSPS) is 11.1. The van der Waals surface area contributed by atoms with Crippen molar-refractivity contribution < 1.29 is 0 Å². The molecule has 0 bridgehead atoms. The highest BCUT2D eigenvalue weighted by molar-refractivity contribution is 6.30. The topological polar surface area (TPSA) is 37.8 Å². The van der Waals surface area contributed by atoms with Crippen LogP contribution in [0.4, 0.5) is 5.82 Å². The summed E-state index contributed by atoms with van der Waals surface area (Å²) in [4.78, 5) is 8.77. The van der Waals surface area contributed by atoms with Crippen LogP contribution in [0.1, 0.15) is 20.3 Å². The maximum Gasteiger partial charge on any atom is 0.137 e. The molecule has 3 rings (SSSR count). The minimum atomic E-state index is 0.667. The monoisotopic (exact) mass is 325 g/mol. The fraction of sp³-hybridized carbons (Fsp3) is 0.263. The van der Waals surface area contributed by atoms with E-state index < -0.39 is 0 Å². The van der Waals surface area contributed by atoms with Crippen molar-refractivity contribution in [3.63, 3.8) is 0 Å². The van der Waals surface area contributed by atoms with Gasteiger partial charge in [-0.2, -0.15) is 0 Å². The third kappa shape index (κ3) is 3.80. The molecule has 23 heavy (non-hydrogen) atoms. The van der Waals surface area contributed by atoms with Gasteiger partial charge in [0.15, 0.2) is 0 Å². The van der Waals surface area contributed by atoms with Gasteiger partial charge in [0.2, 0.25) is 0 Å². The SMILES string of the molecule is CC(C)CCNc1ncnc2ccc(-c3ccc(Cl)cc3)cc12. The average molecular weight is 326 g/mol. The number of aromatic nitrogens is 2. The van der Waals surface area contributed by atoms with E-state index in [9.17, 15) is 0 Å². The number of anilines is 1. The minimum absolute atomic E-state index is 0.667. The van der Waals surface area contributed by atoms with Crippen LogP contribution in [0, 0.1) is 5.92 Å². The molecule has 0 unspecified atom stereocenters. The average Bonchev–Trinajstić information content (AvgIpc) is 2.55. The van der Waals surface area contributed by atoms with E-state index in [4.69, 9.17) is 11.6 Å². The lowest BCUT2D eigenvalue weighted by atomic mass is 10.0. The highest BCUT2D eigenvalue weighted by Gasteiger charge is 2.06. The zero-order valence-electron chi connectivity index (χ0n) is 13.4. The van der Waals surface area contributed by atoms with Gasteiger partial charge < -0.3 is 5.32 Å². The molecule has 0 aliphatic heterocycles. The van der Waals surface area contributed by atoms with Gasteiger partial charge in [-0.15, -0.1) is 0 Å². The third-order valence-corrected chi connectivity index (χ3v) is 4.08. The van der Waals surface area contributed by atoms with Gasteiger partial charge in [0, 0.05) is 17.0 Å². The maximum absolute atomic E-state index is 5.97. The van der Waals surface area contributed by atoms with Crippen LogP contribution in [0.3, 0.4) is 0 Å². The first-order valence-corrected chi connectivity index (χ1v) is 8.26. The van der Waals surface area contributed by atoms with Crippen molar-refractivity contribution in [3.05, 3.63) is 53.8 Å². The minimum Gasteiger partial charge on any atom is -0.369 e. The largest absolute Gasteiger partial charge is 0.369 e. The second-order valence-corrected chi connectivity index (χ2v) is 6.51. The Bertz CT molecular complexity index is 797. The molecule has 0 atom stereocenters. The standard InChI is InChI=1S/C19H20ClN3/c1-13(2)9-10-21-19-17-11-15(5-8-18(17)22-12-23-19)14-3-6-16(20)7-4-14/h3-8,11-13H,9-10H2,1-2H3,(H,21,22,23). The van der Waals surface area contributed by atoms with Crippen molar-refractivity contribution in [2.24, 2.45) is 5.92 Å². The van der Waals surface area contributed by atoms with E-state index in [2.05, 4.69) is 41.3 Å². The van der Waals surface area contributed by atoms with Crippen LogP contribution in [-0.4, -0.2) is 16.5 Å². The third-order valence-electron chi connectivity index (χ3n) is 3.83. The highest BCUT2D eigenvalue weighted by Crippen LogP contribution is 2.27. The molecule has 118 valence electrons. The molecular weight excluding hydrogens is 306 g/mol. The molecule has 0 saturated carbocycles. The van der Waals surface area contributed by atoms with Gasteiger partial charge in [-0.25, -0.2) is 9.97 Å². The smallest absolute Gasteiger partial charge is 0.137 e. The quantitative estimate of drug-likeness (QED) is 0.681. The zero-order valence-corrected chi connectivity index (χ0v) is 14.1. The summed E-state index contributed by atoms with van der Waals surface area (Å²) in [6.07, 6.45) is 2.73. The van der Waals surface area contributed by atoms with Crippen LogP contribution in [0.15, 0.2) is 48.8 Å². The molecule has 1 N–H and O–H groups in total. The van der Waals surface area contributed by atoms with Crippen LogP contribution >= 0.6 is 11.6 Å². The molecule has 3 nitrogen and oxygen atoms in total. The first-order valence-electron chi connectivity index (χ1n) is 7.88. The molecule has 0 spiro atoms. The molecular formula is C19H20ClN3. The first-order chi connectivity index (χ1) is 11.1. The van der Waals surface area contributed by atoms with Gasteiger partial charge in [0.1, 0.15) is 12.1 Å². The highest BCUT2D eigenvalue weighted by atomic mass is 35.5. The Kier molecular flexibility index (Phi) is 4.77. The first kappa shape index (κ1) is 15.8. The van der Waals surface area contributed by atoms with Crippen molar-refractivity contribution >= 4 is 28.3 Å². The summed E-state index contributed by atoms with van der Waals surface area (Å²) in [6, 6.07) is 14.1. The van der Waals surface area contributed by atoms with E-state index in [1.807, 2.05) is 30.3 Å². The Morgan fingerprint density at radius 3 is 2.48 bits per heavy atom. The van der Waals surface area contributed by atoms with Crippen molar-refractivity contribution in [1.29, 1.82) is 0 Å². The number of benzene rings is 2. The Labute approximate surface area is 141 Å². The van der Waals surface area contributed by atoms with E-state index in [0.717, 1.165) is 45.8 Å². The van der Waals surface area contributed by atoms with Gasteiger partial charge >= 0.3 is 0 Å². The Hall–Kier alpha value is -2.13. The number of rotatable bonds is 5. The second kappa shape index (κ2) is 6.97. The van der Waals surface area contributed by atoms with Crippen molar-refractivity contribution in [1.82, 2.24) is 9.97 Å². The molecule has 0 fully saturated rings. The van der Waals surface area contributed by atoms with E-state index in [-0.39, 0.29) is 0 Å². The van der Waals surface area contributed by atoms with Crippen LogP contribution in [0.5, 0.6) is 0 Å². The molecule has 0 aliphatic rings. The van der Waals surface area contributed by atoms with Crippen LogP contribution in [0.25, 0.3) is 22.0 Å². The summed E-state index contributed by atoms with van der Waals surface area (Å²) in [5, 5.41) is 5.22. The molecule has 0 radical (unpaired) electrons. The predicted octanol–water partition coefficient (Wildman–Crippen LogP) is 5.41. The molecule has 0 aliphatic carbocycles. The molecule has 4 heteroatoms. The molecule has 0 saturated heterocycles. The number of hydrogen-bond donors (Lipinski definition) is 1. The van der Waals surface area contributed by atoms with Crippen molar-refractivity contribution in [2.75, 3.05) is 11.9 Å². The van der Waals surface area contributed by atoms with Gasteiger partial charge in [-0.3, -0.25) is 0 Å². The van der Waals surface area contributed by atoms with E-state index in [1.165, 1.54) is 0 Å². The second-order valence-electron chi connectivity index (χ2n) is 6.07. The molecule has 1 aromatic heterocycles. The Morgan fingerprint density at radius 2 is 1.74 bits per heavy atom. The fourth-order valence-electron chi connectivity index (χ4n) is 2.50. The van der Waals surface area contributed by atoms with Gasteiger partial charge in [-0.05, 0) is 47.7 Å². The van der Waals surface area contributed by atoms with Crippen LogP contribution < -0.4 is 5.32 Å². The molecule has 3 aromatic rings. The fourth-order valence-corrected chi connectivity index (χ4v) is 2.62. The molecule has 1 heterocycles. The number of nitrogens with one attached hydrogen (secondary N) is 1. The van der Waals surface area contributed by atoms with E-state index in [0.29, 0.717) is 5.92 Å². The molecule has 0 amide bonds. The lowest BCUT2D eigenvalue weighted by molar-refractivity contribution is 0.607. The Balaban J connectivity index is 1.95. The number of halogens is 1.